The minimum absolute atomic E-state index is 0.195. The van der Waals surface area contributed by atoms with Crippen LogP contribution in [0.15, 0.2) is 12.3 Å². The van der Waals surface area contributed by atoms with Gasteiger partial charge in [-0.25, -0.2) is 0 Å². The van der Waals surface area contributed by atoms with Gasteiger partial charge in [-0.15, -0.1) is 0 Å². The van der Waals surface area contributed by atoms with E-state index in [0.717, 1.165) is 57.6 Å². The summed E-state index contributed by atoms with van der Waals surface area (Å²) >= 11 is 0. The lowest BCUT2D eigenvalue weighted by Gasteiger charge is -2.54. The van der Waals surface area contributed by atoms with Crippen LogP contribution >= 0.6 is 0 Å². The molecule has 5 rings (SSSR count). The Morgan fingerprint density at radius 1 is 1.07 bits per heavy atom. The van der Waals surface area contributed by atoms with Gasteiger partial charge in [0.05, 0.1) is 6.42 Å². The van der Waals surface area contributed by atoms with Crippen molar-refractivity contribution in [1.29, 1.82) is 0 Å². The van der Waals surface area contributed by atoms with Crippen molar-refractivity contribution < 1.29 is 9.59 Å². The number of likely N-dealkylation sites (tertiary alicyclic amines) is 2. The lowest BCUT2D eigenvalue weighted by Crippen LogP contribution is -2.49. The molecule has 2 amide bonds. The first-order valence-electron chi connectivity index (χ1n) is 11.2. The molecular formula is C22H32N4O2. The number of nitrogens with zero attached hydrogens (tertiary/aromatic N) is 3. The van der Waals surface area contributed by atoms with Gasteiger partial charge in [-0.3, -0.25) is 14.7 Å². The van der Waals surface area contributed by atoms with Crippen molar-refractivity contribution in [2.45, 2.75) is 57.8 Å². The van der Waals surface area contributed by atoms with E-state index in [1.54, 1.807) is 6.20 Å². The molecule has 2 atom stereocenters. The van der Waals surface area contributed by atoms with Crippen molar-refractivity contribution in [3.8, 4) is 0 Å². The van der Waals surface area contributed by atoms with E-state index in [2.05, 4.69) is 15.1 Å². The normalized spacial score (nSPS) is 29.6. The Hall–Kier alpha value is -1.85. The minimum Gasteiger partial charge on any atom is -0.342 e. The molecule has 0 radical (unpaired) electrons. The second-order valence-corrected chi connectivity index (χ2v) is 9.79. The van der Waals surface area contributed by atoms with Crippen LogP contribution in [0.3, 0.4) is 0 Å². The van der Waals surface area contributed by atoms with E-state index in [4.69, 9.17) is 0 Å². The number of carbonyl (C=O) groups excluding carboxylic acids is 2. The molecule has 0 aromatic carbocycles. The Morgan fingerprint density at radius 3 is 2.57 bits per heavy atom. The van der Waals surface area contributed by atoms with Gasteiger partial charge in [-0.2, -0.15) is 5.10 Å². The fraction of sp³-hybridized carbons (Fsp3) is 0.773. The van der Waals surface area contributed by atoms with Crippen molar-refractivity contribution in [2.75, 3.05) is 26.2 Å². The summed E-state index contributed by atoms with van der Waals surface area (Å²) < 4.78 is 0. The van der Waals surface area contributed by atoms with E-state index >= 15 is 0 Å². The van der Waals surface area contributed by atoms with Crippen LogP contribution in [0.1, 0.15) is 57.1 Å². The van der Waals surface area contributed by atoms with Gasteiger partial charge in [0.1, 0.15) is 0 Å². The zero-order chi connectivity index (χ0) is 19.1. The molecule has 4 fully saturated rings. The van der Waals surface area contributed by atoms with Crippen molar-refractivity contribution in [3.63, 3.8) is 0 Å². The summed E-state index contributed by atoms with van der Waals surface area (Å²) in [6, 6.07) is 1.87. The lowest BCUT2D eigenvalue weighted by molar-refractivity contribution is -0.147. The molecule has 2 aliphatic carbocycles. The predicted molar refractivity (Wildman–Crippen MR) is 105 cm³/mol. The number of amides is 2. The van der Waals surface area contributed by atoms with Gasteiger partial charge in [0.15, 0.2) is 0 Å². The highest BCUT2D eigenvalue weighted by Gasteiger charge is 2.52. The minimum atomic E-state index is 0.195. The summed E-state index contributed by atoms with van der Waals surface area (Å²) in [6.45, 7) is 3.55. The Labute approximate surface area is 167 Å². The molecule has 1 aromatic rings. The molecule has 152 valence electrons. The molecule has 2 unspecified atom stereocenters. The van der Waals surface area contributed by atoms with E-state index in [9.17, 15) is 9.59 Å². The van der Waals surface area contributed by atoms with E-state index in [0.29, 0.717) is 35.5 Å². The topological polar surface area (TPSA) is 69.3 Å². The van der Waals surface area contributed by atoms with Crippen LogP contribution in [0, 0.1) is 23.2 Å². The third kappa shape index (κ3) is 3.35. The first-order valence-corrected chi connectivity index (χ1v) is 11.2. The third-order valence-electron chi connectivity index (χ3n) is 8.04. The highest BCUT2D eigenvalue weighted by Crippen LogP contribution is 2.59. The van der Waals surface area contributed by atoms with Crippen LogP contribution in [0.2, 0.25) is 0 Å². The van der Waals surface area contributed by atoms with Crippen LogP contribution in [-0.2, 0) is 16.0 Å². The molecular weight excluding hydrogens is 352 g/mol. The van der Waals surface area contributed by atoms with Gasteiger partial charge < -0.3 is 9.80 Å². The first kappa shape index (κ1) is 18.2. The first-order chi connectivity index (χ1) is 13.6. The van der Waals surface area contributed by atoms with Crippen molar-refractivity contribution in [3.05, 3.63) is 18.0 Å². The summed E-state index contributed by atoms with van der Waals surface area (Å²) in [5, 5.41) is 6.82. The number of nitrogens with one attached hydrogen (secondary N) is 1. The summed E-state index contributed by atoms with van der Waals surface area (Å²) in [4.78, 5) is 29.7. The zero-order valence-electron chi connectivity index (χ0n) is 16.7. The molecule has 6 nitrogen and oxygen atoms in total. The summed E-state index contributed by atoms with van der Waals surface area (Å²) in [5.74, 6) is 2.02. The summed E-state index contributed by atoms with van der Waals surface area (Å²) in [7, 11) is 0. The van der Waals surface area contributed by atoms with Gasteiger partial charge in [-0.1, -0.05) is 6.42 Å². The smallest absolute Gasteiger partial charge is 0.228 e. The summed E-state index contributed by atoms with van der Waals surface area (Å²) in [6.07, 6.45) is 11.8. The van der Waals surface area contributed by atoms with Crippen LogP contribution in [0.5, 0.6) is 0 Å². The van der Waals surface area contributed by atoms with E-state index < -0.39 is 0 Å². The van der Waals surface area contributed by atoms with E-state index in [1.165, 1.54) is 25.7 Å². The molecule has 3 heterocycles. The van der Waals surface area contributed by atoms with Crippen LogP contribution < -0.4 is 0 Å². The van der Waals surface area contributed by atoms with E-state index in [1.807, 2.05) is 11.0 Å². The number of rotatable bonds is 4. The Morgan fingerprint density at radius 2 is 1.86 bits per heavy atom. The van der Waals surface area contributed by atoms with Gasteiger partial charge in [-0.05, 0) is 68.3 Å². The highest BCUT2D eigenvalue weighted by molar-refractivity contribution is 5.80. The number of H-pyrrole nitrogens is 1. The molecule has 28 heavy (non-hydrogen) atoms. The number of carbonyl (C=O) groups is 2. The third-order valence-corrected chi connectivity index (χ3v) is 8.04. The van der Waals surface area contributed by atoms with Gasteiger partial charge in [0, 0.05) is 44.0 Å². The SMILES string of the molecule is O=C(Cc1ccn[nH]1)N1CCCC(C2CCN(C(=O)C3CC4(CCC4)C3)C2)C1. The number of aromatic nitrogens is 2. The van der Waals surface area contributed by atoms with Gasteiger partial charge in [0.25, 0.3) is 0 Å². The van der Waals surface area contributed by atoms with Gasteiger partial charge >= 0.3 is 0 Å². The molecule has 1 spiro atoms. The largest absolute Gasteiger partial charge is 0.342 e. The molecule has 1 N–H and O–H groups in total. The van der Waals surface area contributed by atoms with Crippen LogP contribution in [-0.4, -0.2) is 58.0 Å². The maximum Gasteiger partial charge on any atom is 0.228 e. The van der Waals surface area contributed by atoms with Crippen molar-refractivity contribution in [2.24, 2.45) is 23.2 Å². The van der Waals surface area contributed by atoms with Crippen LogP contribution in [0.4, 0.5) is 0 Å². The number of hydrogen-bond acceptors (Lipinski definition) is 3. The molecule has 2 saturated heterocycles. The second kappa shape index (κ2) is 7.20. The van der Waals surface area contributed by atoms with Crippen molar-refractivity contribution >= 4 is 11.8 Å². The Kier molecular flexibility index (Phi) is 4.68. The van der Waals surface area contributed by atoms with E-state index in [-0.39, 0.29) is 5.91 Å². The number of hydrogen-bond donors (Lipinski definition) is 1. The number of piperidine rings is 1. The standard InChI is InChI=1S/C22H32N4O2/c27-20(11-19-4-8-23-24-19)25-9-1-3-16(14-25)17-5-10-26(15-17)21(28)18-12-22(13-18)6-2-7-22/h4,8,16-18H,1-3,5-7,9-15H2,(H,23,24). The quantitative estimate of drug-likeness (QED) is 0.868. The fourth-order valence-electron chi connectivity index (χ4n) is 6.15. The van der Waals surface area contributed by atoms with Crippen LogP contribution in [0.25, 0.3) is 0 Å². The molecule has 4 aliphatic rings. The molecule has 2 saturated carbocycles. The zero-order valence-corrected chi connectivity index (χ0v) is 16.7. The molecule has 1 aromatic heterocycles. The average Bonchev–Trinajstić information content (AvgIpc) is 3.31. The maximum atomic E-state index is 12.9. The average molecular weight is 385 g/mol. The maximum absolute atomic E-state index is 12.9. The summed E-state index contributed by atoms with van der Waals surface area (Å²) in [5.41, 5.74) is 1.45. The molecule has 6 heteroatoms. The fourth-order valence-corrected chi connectivity index (χ4v) is 6.15. The second-order valence-electron chi connectivity index (χ2n) is 9.79. The Bertz CT molecular complexity index is 719. The number of aromatic amines is 1. The molecule has 0 bridgehead atoms. The predicted octanol–water partition coefficient (Wildman–Crippen LogP) is 2.62. The van der Waals surface area contributed by atoms with Crippen molar-refractivity contribution in [1.82, 2.24) is 20.0 Å². The Balaban J connectivity index is 1.12. The highest BCUT2D eigenvalue weighted by atomic mass is 16.2. The van der Waals surface area contributed by atoms with Gasteiger partial charge in [0.2, 0.25) is 11.8 Å². The lowest BCUT2D eigenvalue weighted by atomic mass is 9.51. The molecule has 2 aliphatic heterocycles. The monoisotopic (exact) mass is 384 g/mol.